The predicted molar refractivity (Wildman–Crippen MR) is 52.8 cm³/mol. The molecule has 0 unspecified atom stereocenters. The van der Waals surface area contributed by atoms with E-state index in [-0.39, 0.29) is 30.9 Å². The maximum atomic E-state index is 11.1. The summed E-state index contributed by atoms with van der Waals surface area (Å²) < 4.78 is 4.42. The zero-order chi connectivity index (χ0) is 11.0. The number of carbonyl (C=O) groups excluding carboxylic acids is 2. The van der Waals surface area contributed by atoms with Gasteiger partial charge < -0.3 is 15.4 Å². The Balaban J connectivity index is 3.40. The summed E-state index contributed by atoms with van der Waals surface area (Å²) in [6.45, 7) is 4.52. The molecule has 0 bridgehead atoms. The number of esters is 1. The van der Waals surface area contributed by atoms with Crippen molar-refractivity contribution in [1.82, 2.24) is 10.6 Å². The summed E-state index contributed by atoms with van der Waals surface area (Å²) in [5.74, 6) is -0.426. The summed E-state index contributed by atoms with van der Waals surface area (Å²) in [5.41, 5.74) is 0. The van der Waals surface area contributed by atoms with E-state index >= 15 is 0 Å². The third-order valence-electron chi connectivity index (χ3n) is 1.55. The van der Waals surface area contributed by atoms with Crippen molar-refractivity contribution >= 4 is 11.9 Å². The van der Waals surface area contributed by atoms with Crippen LogP contribution in [-0.2, 0) is 14.3 Å². The average Bonchev–Trinajstić information content (AvgIpc) is 2.14. The van der Waals surface area contributed by atoms with Crippen LogP contribution >= 0.6 is 0 Å². The Morgan fingerprint density at radius 3 is 2.50 bits per heavy atom. The van der Waals surface area contributed by atoms with E-state index in [4.69, 9.17) is 0 Å². The van der Waals surface area contributed by atoms with Gasteiger partial charge >= 0.3 is 5.97 Å². The fraction of sp³-hybridized carbons (Fsp3) is 0.778. The molecule has 0 spiro atoms. The van der Waals surface area contributed by atoms with Crippen LogP contribution in [0.25, 0.3) is 0 Å². The second-order valence-corrected chi connectivity index (χ2v) is 3.21. The van der Waals surface area contributed by atoms with Gasteiger partial charge in [0.15, 0.2) is 0 Å². The van der Waals surface area contributed by atoms with Crippen LogP contribution in [0.2, 0.25) is 0 Å². The van der Waals surface area contributed by atoms with Crippen LogP contribution in [0.5, 0.6) is 0 Å². The monoisotopic (exact) mass is 202 g/mol. The molecule has 0 saturated heterocycles. The first-order valence-corrected chi connectivity index (χ1v) is 4.63. The van der Waals surface area contributed by atoms with Crippen LogP contribution in [0, 0.1) is 0 Å². The molecule has 0 aliphatic heterocycles. The Bertz CT molecular complexity index is 192. The van der Waals surface area contributed by atoms with E-state index in [0.717, 1.165) is 0 Å². The minimum Gasteiger partial charge on any atom is -0.469 e. The second-order valence-electron chi connectivity index (χ2n) is 3.21. The first-order chi connectivity index (χ1) is 6.56. The summed E-state index contributed by atoms with van der Waals surface area (Å²) in [7, 11) is 1.32. The third kappa shape index (κ3) is 7.54. The van der Waals surface area contributed by atoms with Crippen LogP contribution in [0.4, 0.5) is 0 Å². The molecule has 82 valence electrons. The summed E-state index contributed by atoms with van der Waals surface area (Å²) >= 11 is 0. The van der Waals surface area contributed by atoms with Gasteiger partial charge in [0.1, 0.15) is 0 Å². The van der Waals surface area contributed by atoms with E-state index in [1.54, 1.807) is 0 Å². The minimum atomic E-state index is -0.317. The minimum absolute atomic E-state index is 0.109. The molecule has 0 atom stereocenters. The van der Waals surface area contributed by atoms with Crippen LogP contribution in [-0.4, -0.2) is 38.1 Å². The number of amides is 1. The van der Waals surface area contributed by atoms with Crippen molar-refractivity contribution in [2.75, 3.05) is 20.2 Å². The second kappa shape index (κ2) is 7.32. The lowest BCUT2D eigenvalue weighted by molar-refractivity contribution is -0.140. The average molecular weight is 202 g/mol. The summed E-state index contributed by atoms with van der Waals surface area (Å²) in [6.07, 6.45) is 0.212. The number of methoxy groups -OCH3 is 1. The quantitative estimate of drug-likeness (QED) is 0.578. The molecule has 0 saturated carbocycles. The highest BCUT2D eigenvalue weighted by Gasteiger charge is 2.03. The van der Waals surface area contributed by atoms with E-state index in [9.17, 15) is 9.59 Å². The van der Waals surface area contributed by atoms with Gasteiger partial charge in [-0.2, -0.15) is 0 Å². The number of hydrogen-bond donors (Lipinski definition) is 2. The van der Waals surface area contributed by atoms with Crippen LogP contribution in [0.3, 0.4) is 0 Å². The number of rotatable bonds is 6. The van der Waals surface area contributed by atoms with Gasteiger partial charge in [-0.05, 0) is 0 Å². The Morgan fingerprint density at radius 2 is 2.00 bits per heavy atom. The van der Waals surface area contributed by atoms with Crippen molar-refractivity contribution in [2.45, 2.75) is 26.3 Å². The van der Waals surface area contributed by atoms with Gasteiger partial charge in [-0.15, -0.1) is 0 Å². The molecular formula is C9H18N2O3. The molecule has 0 aliphatic rings. The molecule has 1 amide bonds. The molecule has 0 aliphatic carbocycles. The molecule has 2 N–H and O–H groups in total. The molecule has 0 heterocycles. The number of hydrogen-bond acceptors (Lipinski definition) is 4. The highest BCUT2D eigenvalue weighted by Crippen LogP contribution is 1.81. The maximum absolute atomic E-state index is 11.1. The zero-order valence-corrected chi connectivity index (χ0v) is 8.92. The molecule has 0 aromatic rings. The highest BCUT2D eigenvalue weighted by molar-refractivity contribution is 5.78. The third-order valence-corrected chi connectivity index (χ3v) is 1.55. The number of carbonyl (C=O) groups is 2. The molecule has 5 heteroatoms. The summed E-state index contributed by atoms with van der Waals surface area (Å²) in [6, 6.07) is 0.279. The molecular weight excluding hydrogens is 184 g/mol. The zero-order valence-electron chi connectivity index (χ0n) is 8.92. The van der Waals surface area contributed by atoms with E-state index in [1.165, 1.54) is 7.11 Å². The van der Waals surface area contributed by atoms with E-state index < -0.39 is 0 Å². The molecule has 0 fully saturated rings. The normalized spacial score (nSPS) is 10.0. The van der Waals surface area contributed by atoms with E-state index in [0.29, 0.717) is 6.54 Å². The van der Waals surface area contributed by atoms with Gasteiger partial charge in [0.25, 0.3) is 0 Å². The van der Waals surface area contributed by atoms with Gasteiger partial charge in [0.05, 0.1) is 20.1 Å². The highest BCUT2D eigenvalue weighted by atomic mass is 16.5. The van der Waals surface area contributed by atoms with Crippen molar-refractivity contribution in [2.24, 2.45) is 0 Å². The first-order valence-electron chi connectivity index (χ1n) is 4.63. The van der Waals surface area contributed by atoms with E-state index in [2.05, 4.69) is 15.4 Å². The van der Waals surface area contributed by atoms with Crippen molar-refractivity contribution in [1.29, 1.82) is 0 Å². The maximum Gasteiger partial charge on any atom is 0.307 e. The molecule has 0 aromatic heterocycles. The predicted octanol–water partition coefficient (Wildman–Crippen LogP) is -0.336. The topological polar surface area (TPSA) is 67.4 Å². The largest absolute Gasteiger partial charge is 0.469 e. The van der Waals surface area contributed by atoms with Crippen LogP contribution in [0.1, 0.15) is 20.3 Å². The Morgan fingerprint density at radius 1 is 1.36 bits per heavy atom. The van der Waals surface area contributed by atoms with E-state index in [1.807, 2.05) is 13.8 Å². The van der Waals surface area contributed by atoms with Crippen LogP contribution < -0.4 is 10.6 Å². The summed E-state index contributed by atoms with van der Waals surface area (Å²) in [5, 5.41) is 5.57. The van der Waals surface area contributed by atoms with Gasteiger partial charge in [-0.25, -0.2) is 0 Å². The molecule has 0 aromatic carbocycles. The molecule has 0 radical (unpaired) electrons. The standard InChI is InChI=1S/C9H18N2O3/c1-7(2)11-6-8(12)10-5-4-9(13)14-3/h7,11H,4-6H2,1-3H3,(H,10,12). The van der Waals surface area contributed by atoms with Crippen molar-refractivity contribution < 1.29 is 14.3 Å². The van der Waals surface area contributed by atoms with Gasteiger partial charge in [-0.1, -0.05) is 13.8 Å². The van der Waals surface area contributed by atoms with Crippen molar-refractivity contribution in [3.05, 3.63) is 0 Å². The lowest BCUT2D eigenvalue weighted by Crippen LogP contribution is -2.37. The number of ether oxygens (including phenoxy) is 1. The fourth-order valence-electron chi connectivity index (χ4n) is 0.765. The molecule has 14 heavy (non-hydrogen) atoms. The Hall–Kier alpha value is -1.10. The van der Waals surface area contributed by atoms with Gasteiger partial charge in [0.2, 0.25) is 5.91 Å². The van der Waals surface area contributed by atoms with Crippen molar-refractivity contribution in [3.8, 4) is 0 Å². The fourth-order valence-corrected chi connectivity index (χ4v) is 0.765. The molecule has 5 nitrogen and oxygen atoms in total. The van der Waals surface area contributed by atoms with Gasteiger partial charge in [0, 0.05) is 12.6 Å². The summed E-state index contributed by atoms with van der Waals surface area (Å²) in [4.78, 5) is 21.8. The Kier molecular flexibility index (Phi) is 6.74. The lowest BCUT2D eigenvalue weighted by Gasteiger charge is -2.08. The smallest absolute Gasteiger partial charge is 0.307 e. The van der Waals surface area contributed by atoms with Crippen molar-refractivity contribution in [3.63, 3.8) is 0 Å². The SMILES string of the molecule is COC(=O)CCNC(=O)CNC(C)C. The Labute approximate surface area is 84.2 Å². The number of nitrogens with one attached hydrogen (secondary N) is 2. The van der Waals surface area contributed by atoms with Crippen LogP contribution in [0.15, 0.2) is 0 Å². The lowest BCUT2D eigenvalue weighted by atomic mass is 10.4. The first kappa shape index (κ1) is 12.9. The molecule has 0 rings (SSSR count). The van der Waals surface area contributed by atoms with Gasteiger partial charge in [-0.3, -0.25) is 9.59 Å².